The van der Waals surface area contributed by atoms with Crippen molar-refractivity contribution in [2.75, 3.05) is 0 Å². The molecule has 0 aromatic heterocycles. The van der Waals surface area contributed by atoms with E-state index in [4.69, 9.17) is 4.74 Å². The van der Waals surface area contributed by atoms with Gasteiger partial charge in [0, 0.05) is 0 Å². The molecule has 110 valence electrons. The third kappa shape index (κ3) is 3.11. The fourth-order valence-corrected chi connectivity index (χ4v) is 3.20. The first kappa shape index (κ1) is 14.2. The summed E-state index contributed by atoms with van der Waals surface area (Å²) in [5, 5.41) is 10.6. The van der Waals surface area contributed by atoms with Gasteiger partial charge in [0.15, 0.2) is 0 Å². The molecule has 0 bridgehead atoms. The maximum atomic E-state index is 10.6. The van der Waals surface area contributed by atoms with Crippen molar-refractivity contribution in [3.05, 3.63) is 60.2 Å². The Morgan fingerprint density at radius 2 is 1.48 bits per heavy atom. The molecule has 0 spiro atoms. The van der Waals surface area contributed by atoms with Crippen molar-refractivity contribution in [1.29, 1.82) is 0 Å². The van der Waals surface area contributed by atoms with Crippen LogP contribution in [0.2, 0.25) is 0 Å². The van der Waals surface area contributed by atoms with Crippen molar-refractivity contribution in [3.63, 3.8) is 0 Å². The summed E-state index contributed by atoms with van der Waals surface area (Å²) in [5.74, 6) is 1.63. The number of aliphatic hydroxyl groups is 1. The Labute approximate surface area is 126 Å². The Balaban J connectivity index is 1.72. The Morgan fingerprint density at radius 1 is 0.905 bits per heavy atom. The molecule has 2 heteroatoms. The van der Waals surface area contributed by atoms with Crippen molar-refractivity contribution >= 4 is 0 Å². The molecule has 1 saturated carbocycles. The van der Waals surface area contributed by atoms with Gasteiger partial charge in [0.1, 0.15) is 11.5 Å². The van der Waals surface area contributed by atoms with Gasteiger partial charge in [-0.05, 0) is 48.1 Å². The highest BCUT2D eigenvalue weighted by atomic mass is 16.5. The number of aliphatic hydroxyl groups excluding tert-OH is 1. The molecule has 2 aromatic rings. The molecule has 0 radical (unpaired) electrons. The van der Waals surface area contributed by atoms with E-state index in [-0.39, 0.29) is 11.5 Å². The van der Waals surface area contributed by atoms with Crippen LogP contribution < -0.4 is 4.74 Å². The van der Waals surface area contributed by atoms with Crippen molar-refractivity contribution < 1.29 is 9.84 Å². The van der Waals surface area contributed by atoms with Crippen molar-refractivity contribution in [2.24, 2.45) is 5.41 Å². The highest BCUT2D eigenvalue weighted by Gasteiger charge is 2.36. The molecule has 1 aliphatic rings. The minimum atomic E-state index is -0.384. The minimum Gasteiger partial charge on any atom is -0.457 e. The molecule has 1 fully saturated rings. The number of rotatable bonds is 4. The second kappa shape index (κ2) is 5.90. The lowest BCUT2D eigenvalue weighted by Gasteiger charge is -2.30. The lowest BCUT2D eigenvalue weighted by molar-refractivity contribution is 0.0408. The van der Waals surface area contributed by atoms with Gasteiger partial charge >= 0.3 is 0 Å². The minimum absolute atomic E-state index is 0.0296. The summed E-state index contributed by atoms with van der Waals surface area (Å²) in [4.78, 5) is 0. The third-order valence-electron chi connectivity index (χ3n) is 4.58. The SMILES string of the molecule is CC1(C(O)c2ccc(Oc3ccccc3)cc2)CCCC1. The number of benzene rings is 2. The molecule has 0 heterocycles. The van der Waals surface area contributed by atoms with Gasteiger partial charge in [0.2, 0.25) is 0 Å². The number of para-hydroxylation sites is 1. The topological polar surface area (TPSA) is 29.5 Å². The second-order valence-electron chi connectivity index (χ2n) is 6.25. The predicted octanol–water partition coefficient (Wildman–Crippen LogP) is 5.09. The largest absolute Gasteiger partial charge is 0.457 e. The van der Waals surface area contributed by atoms with Gasteiger partial charge in [-0.15, -0.1) is 0 Å². The monoisotopic (exact) mass is 282 g/mol. The van der Waals surface area contributed by atoms with Crippen molar-refractivity contribution in [3.8, 4) is 11.5 Å². The lowest BCUT2D eigenvalue weighted by atomic mass is 9.79. The van der Waals surface area contributed by atoms with Crippen molar-refractivity contribution in [1.82, 2.24) is 0 Å². The van der Waals surface area contributed by atoms with E-state index in [1.807, 2.05) is 54.6 Å². The molecule has 1 N–H and O–H groups in total. The number of hydrogen-bond donors (Lipinski definition) is 1. The Kier molecular flexibility index (Phi) is 3.98. The molecule has 1 unspecified atom stereocenters. The Hall–Kier alpha value is -1.80. The zero-order chi connectivity index (χ0) is 14.7. The van der Waals surface area contributed by atoms with E-state index in [0.717, 1.165) is 29.9 Å². The quantitative estimate of drug-likeness (QED) is 0.846. The highest BCUT2D eigenvalue weighted by Crippen LogP contribution is 2.47. The van der Waals surface area contributed by atoms with Gasteiger partial charge in [-0.1, -0.05) is 50.1 Å². The second-order valence-corrected chi connectivity index (χ2v) is 6.25. The highest BCUT2D eigenvalue weighted by molar-refractivity contribution is 5.34. The van der Waals surface area contributed by atoms with Crippen LogP contribution in [-0.4, -0.2) is 5.11 Å². The average molecular weight is 282 g/mol. The maximum Gasteiger partial charge on any atom is 0.127 e. The average Bonchev–Trinajstić information content (AvgIpc) is 2.96. The molecule has 0 amide bonds. The van der Waals surface area contributed by atoms with Crippen LogP contribution in [0.1, 0.15) is 44.3 Å². The predicted molar refractivity (Wildman–Crippen MR) is 84.5 cm³/mol. The van der Waals surface area contributed by atoms with Gasteiger partial charge in [-0.2, -0.15) is 0 Å². The number of hydrogen-bond acceptors (Lipinski definition) is 2. The van der Waals surface area contributed by atoms with Crippen LogP contribution in [-0.2, 0) is 0 Å². The van der Waals surface area contributed by atoms with E-state index in [9.17, 15) is 5.11 Å². The van der Waals surface area contributed by atoms with E-state index in [1.165, 1.54) is 12.8 Å². The van der Waals surface area contributed by atoms with Gasteiger partial charge in [0.25, 0.3) is 0 Å². The molecule has 3 rings (SSSR count). The third-order valence-corrected chi connectivity index (χ3v) is 4.58. The summed E-state index contributed by atoms with van der Waals surface area (Å²) in [6, 6.07) is 17.6. The maximum absolute atomic E-state index is 10.6. The summed E-state index contributed by atoms with van der Waals surface area (Å²) < 4.78 is 5.78. The first-order valence-electron chi connectivity index (χ1n) is 7.68. The standard InChI is InChI=1S/C19H22O2/c1-19(13-5-6-14-19)18(20)15-9-11-17(12-10-15)21-16-7-3-2-4-8-16/h2-4,7-12,18,20H,5-6,13-14H2,1H3. The van der Waals surface area contributed by atoms with Gasteiger partial charge < -0.3 is 9.84 Å². The summed E-state index contributed by atoms with van der Waals surface area (Å²) in [5.41, 5.74) is 1.02. The van der Waals surface area contributed by atoms with E-state index in [0.29, 0.717) is 0 Å². The molecular weight excluding hydrogens is 260 g/mol. The molecule has 21 heavy (non-hydrogen) atoms. The zero-order valence-electron chi connectivity index (χ0n) is 12.5. The van der Waals surface area contributed by atoms with Gasteiger partial charge in [-0.3, -0.25) is 0 Å². The fourth-order valence-electron chi connectivity index (χ4n) is 3.20. The summed E-state index contributed by atoms with van der Waals surface area (Å²) in [7, 11) is 0. The molecule has 2 aromatic carbocycles. The Morgan fingerprint density at radius 3 is 2.10 bits per heavy atom. The lowest BCUT2D eigenvalue weighted by Crippen LogP contribution is -2.21. The normalized spacial score (nSPS) is 18.4. The van der Waals surface area contributed by atoms with E-state index in [1.54, 1.807) is 0 Å². The number of ether oxygens (including phenoxy) is 1. The molecule has 0 aliphatic heterocycles. The van der Waals surface area contributed by atoms with Gasteiger partial charge in [-0.25, -0.2) is 0 Å². The summed E-state index contributed by atoms with van der Waals surface area (Å²) in [6.07, 6.45) is 4.28. The van der Waals surface area contributed by atoms with Crippen LogP contribution in [0, 0.1) is 5.41 Å². The molecule has 0 saturated heterocycles. The zero-order valence-corrected chi connectivity index (χ0v) is 12.5. The van der Waals surface area contributed by atoms with Crippen LogP contribution in [0.15, 0.2) is 54.6 Å². The van der Waals surface area contributed by atoms with E-state index in [2.05, 4.69) is 6.92 Å². The first-order valence-corrected chi connectivity index (χ1v) is 7.68. The van der Waals surface area contributed by atoms with E-state index >= 15 is 0 Å². The van der Waals surface area contributed by atoms with Gasteiger partial charge in [0.05, 0.1) is 6.10 Å². The van der Waals surface area contributed by atoms with Crippen LogP contribution in [0.4, 0.5) is 0 Å². The summed E-state index contributed by atoms with van der Waals surface area (Å²) in [6.45, 7) is 2.19. The molecule has 2 nitrogen and oxygen atoms in total. The fraction of sp³-hybridized carbons (Fsp3) is 0.368. The van der Waals surface area contributed by atoms with Crippen LogP contribution in [0.25, 0.3) is 0 Å². The summed E-state index contributed by atoms with van der Waals surface area (Å²) >= 11 is 0. The smallest absolute Gasteiger partial charge is 0.127 e. The Bertz CT molecular complexity index is 568. The molecule has 1 atom stereocenters. The van der Waals surface area contributed by atoms with Crippen molar-refractivity contribution in [2.45, 2.75) is 38.7 Å². The molecular formula is C19H22O2. The first-order chi connectivity index (χ1) is 10.2. The van der Waals surface area contributed by atoms with E-state index < -0.39 is 0 Å². The molecule has 1 aliphatic carbocycles. The van der Waals surface area contributed by atoms with Crippen LogP contribution >= 0.6 is 0 Å². The van der Waals surface area contributed by atoms with Crippen LogP contribution in [0.3, 0.4) is 0 Å². The van der Waals surface area contributed by atoms with Crippen LogP contribution in [0.5, 0.6) is 11.5 Å².